The molecule has 26 heavy (non-hydrogen) atoms. The summed E-state index contributed by atoms with van der Waals surface area (Å²) in [6.45, 7) is 3.10. The van der Waals surface area contributed by atoms with E-state index in [2.05, 4.69) is 22.8 Å². The van der Waals surface area contributed by atoms with E-state index in [0.717, 1.165) is 18.0 Å². The molecular formula is C20H25FN3OS+. The number of anilines is 1. The third kappa shape index (κ3) is 4.93. The summed E-state index contributed by atoms with van der Waals surface area (Å²) in [4.78, 5) is 1.58. The first-order valence-corrected chi connectivity index (χ1v) is 9.35. The van der Waals surface area contributed by atoms with Crippen molar-refractivity contribution in [3.63, 3.8) is 0 Å². The van der Waals surface area contributed by atoms with Crippen LogP contribution in [0.2, 0.25) is 0 Å². The molecule has 4 nitrogen and oxygen atoms in total. The zero-order valence-corrected chi connectivity index (χ0v) is 15.7. The minimum Gasteiger partial charge on any atom is -0.497 e. The van der Waals surface area contributed by atoms with Crippen LogP contribution in [-0.2, 0) is 0 Å². The molecule has 1 aliphatic rings. The van der Waals surface area contributed by atoms with Gasteiger partial charge in [0.05, 0.1) is 26.7 Å². The van der Waals surface area contributed by atoms with Crippen molar-refractivity contribution in [2.75, 3.05) is 32.1 Å². The fraction of sp³-hybridized carbons (Fsp3) is 0.350. The number of ether oxygens (including phenoxy) is 1. The van der Waals surface area contributed by atoms with Gasteiger partial charge in [-0.1, -0.05) is 0 Å². The summed E-state index contributed by atoms with van der Waals surface area (Å²) < 4.78 is 18.3. The molecule has 0 saturated carbocycles. The first-order chi connectivity index (χ1) is 12.7. The van der Waals surface area contributed by atoms with Crippen molar-refractivity contribution in [3.05, 3.63) is 59.9 Å². The van der Waals surface area contributed by atoms with E-state index in [1.807, 2.05) is 12.1 Å². The third-order valence-electron chi connectivity index (χ3n) is 4.83. The van der Waals surface area contributed by atoms with Gasteiger partial charge in [-0.3, -0.25) is 0 Å². The van der Waals surface area contributed by atoms with E-state index in [0.29, 0.717) is 11.2 Å². The van der Waals surface area contributed by atoms with Crippen molar-refractivity contribution in [2.24, 2.45) is 0 Å². The highest BCUT2D eigenvalue weighted by Gasteiger charge is 2.27. The Labute approximate surface area is 159 Å². The molecule has 1 heterocycles. The van der Waals surface area contributed by atoms with Crippen LogP contribution in [0.25, 0.3) is 0 Å². The summed E-state index contributed by atoms with van der Waals surface area (Å²) in [7, 11) is 1.68. The zero-order valence-electron chi connectivity index (χ0n) is 14.9. The van der Waals surface area contributed by atoms with Gasteiger partial charge in [0.2, 0.25) is 0 Å². The fourth-order valence-electron chi connectivity index (χ4n) is 3.41. The lowest BCUT2D eigenvalue weighted by Gasteiger charge is -2.26. The Bertz CT molecular complexity index is 715. The molecule has 0 aromatic heterocycles. The molecule has 1 saturated heterocycles. The summed E-state index contributed by atoms with van der Waals surface area (Å²) in [5.41, 5.74) is 2.05. The predicted octanol–water partition coefficient (Wildman–Crippen LogP) is 2.54. The lowest BCUT2D eigenvalue weighted by atomic mass is 10.1. The van der Waals surface area contributed by atoms with E-state index in [4.69, 9.17) is 17.0 Å². The molecule has 0 unspecified atom stereocenters. The fourth-order valence-corrected chi connectivity index (χ4v) is 3.62. The molecule has 3 N–H and O–H groups in total. The molecule has 1 aliphatic heterocycles. The highest BCUT2D eigenvalue weighted by molar-refractivity contribution is 7.80. The van der Waals surface area contributed by atoms with Crippen LogP contribution >= 0.6 is 12.2 Å². The minimum absolute atomic E-state index is 0.258. The number of hydrogen-bond acceptors (Lipinski definition) is 2. The van der Waals surface area contributed by atoms with Crippen molar-refractivity contribution in [1.29, 1.82) is 0 Å². The topological polar surface area (TPSA) is 37.7 Å². The van der Waals surface area contributed by atoms with Crippen LogP contribution < -0.4 is 20.3 Å². The Morgan fingerprint density at radius 3 is 2.38 bits per heavy atom. The number of methoxy groups -OCH3 is 1. The second-order valence-corrected chi connectivity index (χ2v) is 6.94. The van der Waals surface area contributed by atoms with E-state index in [9.17, 15) is 4.39 Å². The average Bonchev–Trinajstić information content (AvgIpc) is 3.19. The van der Waals surface area contributed by atoms with Crippen LogP contribution in [0, 0.1) is 5.82 Å². The highest BCUT2D eigenvalue weighted by Crippen LogP contribution is 2.16. The van der Waals surface area contributed by atoms with Crippen molar-refractivity contribution < 1.29 is 14.0 Å². The summed E-state index contributed by atoms with van der Waals surface area (Å²) in [5.74, 6) is 0.608. The summed E-state index contributed by atoms with van der Waals surface area (Å²) in [5, 5.41) is 6.98. The van der Waals surface area contributed by atoms with Crippen LogP contribution in [0.15, 0.2) is 48.5 Å². The van der Waals surface area contributed by atoms with Crippen molar-refractivity contribution >= 4 is 23.0 Å². The van der Waals surface area contributed by atoms with E-state index >= 15 is 0 Å². The summed E-state index contributed by atoms with van der Waals surface area (Å²) in [6.07, 6.45) is 2.53. The van der Waals surface area contributed by atoms with Crippen molar-refractivity contribution in [3.8, 4) is 5.75 Å². The number of rotatable bonds is 6. The number of quaternary nitrogens is 1. The molecule has 0 radical (unpaired) electrons. The number of thiocarbonyl (C=S) groups is 1. The molecule has 2 aromatic carbocycles. The Balaban J connectivity index is 1.63. The standard InChI is InChI=1S/C20H24FN3OS/c1-25-18-10-4-15(5-11-18)19(24-12-2-3-13-24)14-22-20(26)23-17-8-6-16(21)7-9-17/h4-11,19H,2-3,12-14H2,1H3,(H2,22,23,26)/p+1/t19-/m0/s1. The molecule has 0 spiro atoms. The lowest BCUT2D eigenvalue weighted by Crippen LogP contribution is -3.11. The van der Waals surface area contributed by atoms with Gasteiger partial charge < -0.3 is 20.3 Å². The van der Waals surface area contributed by atoms with Gasteiger partial charge >= 0.3 is 0 Å². The second-order valence-electron chi connectivity index (χ2n) is 6.53. The quantitative estimate of drug-likeness (QED) is 0.680. The Morgan fingerprint density at radius 1 is 1.12 bits per heavy atom. The number of nitrogens with one attached hydrogen (secondary N) is 3. The molecule has 2 aromatic rings. The highest BCUT2D eigenvalue weighted by atomic mass is 32.1. The SMILES string of the molecule is COc1ccc([C@H](CNC(=S)Nc2ccc(F)cc2)[NH+]2CCCC2)cc1. The van der Waals surface area contributed by atoms with Gasteiger partial charge in [-0.25, -0.2) is 4.39 Å². The Hall–Kier alpha value is -2.18. The first-order valence-electron chi connectivity index (χ1n) is 8.94. The number of likely N-dealkylation sites (tertiary alicyclic amines) is 1. The van der Waals surface area contributed by atoms with Gasteiger partial charge in [0.15, 0.2) is 5.11 Å². The molecule has 1 atom stereocenters. The van der Waals surface area contributed by atoms with Gasteiger partial charge in [0.1, 0.15) is 17.6 Å². The summed E-state index contributed by atoms with van der Waals surface area (Å²) in [6, 6.07) is 14.8. The average molecular weight is 375 g/mol. The molecule has 0 aliphatic carbocycles. The van der Waals surface area contributed by atoms with Gasteiger partial charge in [-0.05, 0) is 60.7 Å². The Kier molecular flexibility index (Phi) is 6.41. The Morgan fingerprint density at radius 2 is 1.77 bits per heavy atom. The van der Waals surface area contributed by atoms with Gasteiger partial charge in [-0.2, -0.15) is 0 Å². The summed E-state index contributed by atoms with van der Waals surface area (Å²) >= 11 is 5.41. The van der Waals surface area contributed by atoms with E-state index in [-0.39, 0.29) is 5.82 Å². The van der Waals surface area contributed by atoms with Gasteiger partial charge in [0.25, 0.3) is 0 Å². The molecule has 138 valence electrons. The number of halogens is 1. The molecule has 6 heteroatoms. The van der Waals surface area contributed by atoms with Crippen LogP contribution in [0.1, 0.15) is 24.4 Å². The predicted molar refractivity (Wildman–Crippen MR) is 106 cm³/mol. The zero-order chi connectivity index (χ0) is 18.4. The van der Waals surface area contributed by atoms with Crippen LogP contribution in [0.5, 0.6) is 5.75 Å². The van der Waals surface area contributed by atoms with Crippen molar-refractivity contribution in [2.45, 2.75) is 18.9 Å². The lowest BCUT2D eigenvalue weighted by molar-refractivity contribution is -0.918. The number of benzene rings is 2. The number of hydrogen-bond donors (Lipinski definition) is 3. The molecule has 0 bridgehead atoms. The van der Waals surface area contributed by atoms with Crippen LogP contribution in [0.3, 0.4) is 0 Å². The molecular weight excluding hydrogens is 349 g/mol. The van der Waals surface area contributed by atoms with E-state index < -0.39 is 0 Å². The maximum Gasteiger partial charge on any atom is 0.171 e. The molecule has 0 amide bonds. The van der Waals surface area contributed by atoms with Crippen LogP contribution in [-0.4, -0.2) is 31.9 Å². The smallest absolute Gasteiger partial charge is 0.171 e. The monoisotopic (exact) mass is 374 g/mol. The third-order valence-corrected chi connectivity index (χ3v) is 5.07. The maximum absolute atomic E-state index is 13.0. The normalized spacial score (nSPS) is 15.5. The van der Waals surface area contributed by atoms with Gasteiger partial charge in [0, 0.05) is 24.1 Å². The van der Waals surface area contributed by atoms with Gasteiger partial charge in [-0.15, -0.1) is 0 Å². The molecule has 3 rings (SSSR count). The maximum atomic E-state index is 13.0. The van der Waals surface area contributed by atoms with E-state index in [1.165, 1.54) is 43.6 Å². The minimum atomic E-state index is -0.258. The van der Waals surface area contributed by atoms with Crippen LogP contribution in [0.4, 0.5) is 10.1 Å². The van der Waals surface area contributed by atoms with Crippen molar-refractivity contribution in [1.82, 2.24) is 5.32 Å². The second kappa shape index (κ2) is 8.96. The molecule has 1 fully saturated rings. The first kappa shape index (κ1) is 18.6. The van der Waals surface area contributed by atoms with E-state index in [1.54, 1.807) is 24.1 Å². The largest absolute Gasteiger partial charge is 0.497 e.